The summed E-state index contributed by atoms with van der Waals surface area (Å²) in [4.78, 5) is 14.7. The molecule has 1 fully saturated rings. The van der Waals surface area contributed by atoms with Gasteiger partial charge in [0.25, 0.3) is 0 Å². The maximum absolute atomic E-state index is 12.6. The van der Waals surface area contributed by atoms with Crippen LogP contribution in [0.5, 0.6) is 11.5 Å². The number of ether oxygens (including phenoxy) is 2. The number of amidine groups is 1. The Balaban J connectivity index is 1.19. The third-order valence-electron chi connectivity index (χ3n) is 6.48. The van der Waals surface area contributed by atoms with E-state index in [0.717, 1.165) is 11.6 Å². The molecule has 1 saturated heterocycles. The number of amides is 1. The number of anilines is 1. The highest BCUT2D eigenvalue weighted by Gasteiger charge is 2.44. The number of hydrazone groups is 1. The number of hydrogen-bond donors (Lipinski definition) is 3. The number of thioether (sulfide) groups is 1. The monoisotopic (exact) mass is 494 g/mol. The Labute approximate surface area is 209 Å². The second-order valence-electron chi connectivity index (χ2n) is 8.86. The molecule has 1 amide bonds. The van der Waals surface area contributed by atoms with Crippen molar-refractivity contribution in [2.45, 2.75) is 38.5 Å². The molecule has 5 rings (SSSR count). The second-order valence-corrected chi connectivity index (χ2v) is 9.81. The van der Waals surface area contributed by atoms with Gasteiger partial charge in [-0.2, -0.15) is 5.10 Å². The zero-order chi connectivity index (χ0) is 24.5. The summed E-state index contributed by atoms with van der Waals surface area (Å²) in [5.74, 6) is 1.34. The Bertz CT molecular complexity index is 1160. The van der Waals surface area contributed by atoms with Crippen LogP contribution in [0, 0.1) is 13.8 Å². The normalized spacial score (nSPS) is 22.3. The first kappa shape index (κ1) is 23.4. The molecule has 0 bridgehead atoms. The van der Waals surface area contributed by atoms with E-state index in [1.54, 1.807) is 32.4 Å². The van der Waals surface area contributed by atoms with Crippen LogP contribution < -0.4 is 25.6 Å². The minimum atomic E-state index is -0.128. The van der Waals surface area contributed by atoms with Gasteiger partial charge in [0.15, 0.2) is 5.17 Å². The van der Waals surface area contributed by atoms with Crippen LogP contribution in [0.4, 0.5) is 5.69 Å². The van der Waals surface area contributed by atoms with E-state index in [-0.39, 0.29) is 29.9 Å². The summed E-state index contributed by atoms with van der Waals surface area (Å²) in [6, 6.07) is 12.3. The van der Waals surface area contributed by atoms with Gasteiger partial charge in [-0.25, -0.2) is 5.43 Å². The number of nitrogens with one attached hydrogen (secondary N) is 3. The molecule has 0 radical (unpaired) electrons. The molecule has 2 aromatic rings. The predicted molar refractivity (Wildman–Crippen MR) is 138 cm³/mol. The molecule has 0 spiro atoms. The molecule has 3 aliphatic heterocycles. The molecule has 2 aromatic carbocycles. The second kappa shape index (κ2) is 9.71. The lowest BCUT2D eigenvalue weighted by Crippen LogP contribution is -2.54. The van der Waals surface area contributed by atoms with Gasteiger partial charge in [0, 0.05) is 36.3 Å². The first-order valence-corrected chi connectivity index (χ1v) is 12.5. The predicted octanol–water partition coefficient (Wildman–Crippen LogP) is 3.30. The smallest absolute Gasteiger partial charge is 0.234 e. The highest BCUT2D eigenvalue weighted by atomic mass is 32.2. The van der Waals surface area contributed by atoms with Gasteiger partial charge in [-0.3, -0.25) is 10.2 Å². The molecule has 3 aliphatic rings. The summed E-state index contributed by atoms with van der Waals surface area (Å²) in [5, 5.41) is 10.4. The molecule has 184 valence electrons. The molecule has 3 unspecified atom stereocenters. The number of methoxy groups -OCH3 is 2. The number of hydrogen-bond acceptors (Lipinski definition) is 9. The quantitative estimate of drug-likeness (QED) is 0.564. The van der Waals surface area contributed by atoms with Crippen LogP contribution in [0.1, 0.15) is 29.2 Å². The number of nitrogens with zero attached hydrogens (tertiary/aromatic N) is 3. The standard InChI is InChI=1S/C25H30N6O3S/c1-15-5-6-16(2)20(9-15)21-13-22-24-27-28-25(30(24)7-8-31(22)29-21)35-14-23(32)26-17-10-18(33-3)12-19(11-17)34-4/h5-12,21-22,24,27,29H,13-14H2,1-4H3,(H,26,32). The van der Waals surface area contributed by atoms with Gasteiger partial charge in [0.2, 0.25) is 5.91 Å². The summed E-state index contributed by atoms with van der Waals surface area (Å²) in [7, 11) is 3.16. The SMILES string of the molecule is COc1cc(NC(=O)CSC2=NNC3C4CC(c5cc(C)ccc5C)NN4C=CN23)cc(OC)c1. The van der Waals surface area contributed by atoms with Crippen LogP contribution >= 0.6 is 11.8 Å². The first-order chi connectivity index (χ1) is 16.9. The van der Waals surface area contributed by atoms with Crippen LogP contribution in [0.2, 0.25) is 0 Å². The van der Waals surface area contributed by atoms with E-state index >= 15 is 0 Å². The molecule has 0 aliphatic carbocycles. The molecule has 10 heteroatoms. The van der Waals surface area contributed by atoms with Crippen molar-refractivity contribution in [3.63, 3.8) is 0 Å². The molecule has 3 N–H and O–H groups in total. The average Bonchev–Trinajstić information content (AvgIpc) is 3.47. The fraction of sp³-hybridized carbons (Fsp3) is 0.360. The minimum absolute atomic E-state index is 0.0100. The van der Waals surface area contributed by atoms with Gasteiger partial charge in [-0.05, 0) is 31.4 Å². The lowest BCUT2D eigenvalue weighted by molar-refractivity contribution is -0.113. The number of carbonyl (C=O) groups is 1. The van der Waals surface area contributed by atoms with E-state index < -0.39 is 0 Å². The number of fused-ring (bicyclic) bond motifs is 3. The molecule has 3 atom stereocenters. The van der Waals surface area contributed by atoms with Gasteiger partial charge >= 0.3 is 0 Å². The molecule has 35 heavy (non-hydrogen) atoms. The van der Waals surface area contributed by atoms with Crippen molar-refractivity contribution in [1.82, 2.24) is 20.8 Å². The average molecular weight is 495 g/mol. The molecule has 0 saturated carbocycles. The summed E-state index contributed by atoms with van der Waals surface area (Å²) in [5.41, 5.74) is 11.4. The van der Waals surface area contributed by atoms with Crippen LogP contribution in [-0.4, -0.2) is 53.2 Å². The van der Waals surface area contributed by atoms with Crippen LogP contribution in [0.3, 0.4) is 0 Å². The van der Waals surface area contributed by atoms with Gasteiger partial charge in [0.05, 0.1) is 32.1 Å². The van der Waals surface area contributed by atoms with E-state index in [1.807, 2.05) is 6.20 Å². The zero-order valence-corrected chi connectivity index (χ0v) is 21.1. The fourth-order valence-electron chi connectivity index (χ4n) is 4.70. The van der Waals surface area contributed by atoms with E-state index in [2.05, 4.69) is 69.4 Å². The summed E-state index contributed by atoms with van der Waals surface area (Å²) in [6.45, 7) is 4.29. The lowest BCUT2D eigenvalue weighted by Gasteiger charge is -2.36. The molecule has 9 nitrogen and oxygen atoms in total. The fourth-order valence-corrected chi connectivity index (χ4v) is 5.47. The zero-order valence-electron chi connectivity index (χ0n) is 20.2. The van der Waals surface area contributed by atoms with Crippen LogP contribution in [0.15, 0.2) is 53.9 Å². The molecule has 0 aromatic heterocycles. The third kappa shape index (κ3) is 4.76. The topological polar surface area (TPSA) is 90.5 Å². The summed E-state index contributed by atoms with van der Waals surface area (Å²) >= 11 is 1.40. The number of carbonyl (C=O) groups excluding carboxylic acids is 1. The van der Waals surface area contributed by atoms with Crippen molar-refractivity contribution in [3.05, 3.63) is 65.5 Å². The van der Waals surface area contributed by atoms with Crippen molar-refractivity contribution in [3.8, 4) is 11.5 Å². The van der Waals surface area contributed by atoms with Crippen LogP contribution in [0.25, 0.3) is 0 Å². The van der Waals surface area contributed by atoms with Gasteiger partial charge in [-0.1, -0.05) is 35.5 Å². The number of aryl methyl sites for hydroxylation is 2. The van der Waals surface area contributed by atoms with Crippen LogP contribution in [-0.2, 0) is 4.79 Å². The molecule has 3 heterocycles. The van der Waals surface area contributed by atoms with Gasteiger partial charge < -0.3 is 24.7 Å². The number of rotatable bonds is 6. The lowest BCUT2D eigenvalue weighted by atomic mass is 9.95. The minimum Gasteiger partial charge on any atom is -0.497 e. The van der Waals surface area contributed by atoms with Gasteiger partial charge in [0.1, 0.15) is 17.7 Å². The summed E-state index contributed by atoms with van der Waals surface area (Å²) < 4.78 is 10.5. The Morgan fingerprint density at radius 2 is 1.91 bits per heavy atom. The van der Waals surface area contributed by atoms with Crippen molar-refractivity contribution in [1.29, 1.82) is 0 Å². The van der Waals surface area contributed by atoms with Crippen molar-refractivity contribution in [2.24, 2.45) is 5.10 Å². The van der Waals surface area contributed by atoms with E-state index in [9.17, 15) is 4.79 Å². The summed E-state index contributed by atoms with van der Waals surface area (Å²) in [6.07, 6.45) is 5.03. The largest absolute Gasteiger partial charge is 0.497 e. The Hall–Kier alpha value is -3.37. The van der Waals surface area contributed by atoms with Crippen molar-refractivity contribution < 1.29 is 14.3 Å². The Morgan fingerprint density at radius 3 is 2.66 bits per heavy atom. The maximum atomic E-state index is 12.6. The highest BCUT2D eigenvalue weighted by Crippen LogP contribution is 2.36. The van der Waals surface area contributed by atoms with Crippen molar-refractivity contribution >= 4 is 28.5 Å². The first-order valence-electron chi connectivity index (χ1n) is 11.5. The van der Waals surface area contributed by atoms with Crippen molar-refractivity contribution in [2.75, 3.05) is 25.3 Å². The number of hydrazine groups is 1. The van der Waals surface area contributed by atoms with E-state index in [1.165, 1.54) is 28.5 Å². The highest BCUT2D eigenvalue weighted by molar-refractivity contribution is 8.14. The third-order valence-corrected chi connectivity index (χ3v) is 7.45. The van der Waals surface area contributed by atoms with E-state index in [0.29, 0.717) is 17.2 Å². The molecular weight excluding hydrogens is 464 g/mol. The maximum Gasteiger partial charge on any atom is 0.234 e. The Kier molecular flexibility index (Phi) is 6.48. The number of benzene rings is 2. The van der Waals surface area contributed by atoms with E-state index in [4.69, 9.17) is 9.47 Å². The molecular formula is C25H30N6O3S. The van der Waals surface area contributed by atoms with Gasteiger partial charge in [-0.15, -0.1) is 0 Å². The Morgan fingerprint density at radius 1 is 1.14 bits per heavy atom.